The van der Waals surface area contributed by atoms with Crippen molar-refractivity contribution in [1.29, 1.82) is 0 Å². The topological polar surface area (TPSA) is 115 Å². The van der Waals surface area contributed by atoms with Gasteiger partial charge in [-0.15, -0.1) is 0 Å². The summed E-state index contributed by atoms with van der Waals surface area (Å²) in [7, 11) is 0. The molecule has 0 fully saturated rings. The van der Waals surface area contributed by atoms with Gasteiger partial charge in [0.1, 0.15) is 0 Å². The predicted molar refractivity (Wildman–Crippen MR) is 53.4 cm³/mol. The molecule has 0 saturated heterocycles. The number of hydrogen-bond donors (Lipinski definition) is 5. The molecule has 0 unspecified atom stereocenters. The molecule has 15 heavy (non-hydrogen) atoms. The molecule has 2 aromatic rings. The van der Waals surface area contributed by atoms with Crippen molar-refractivity contribution in [3.05, 3.63) is 18.3 Å². The van der Waals surface area contributed by atoms with Crippen LogP contribution in [0.3, 0.4) is 0 Å². The summed E-state index contributed by atoms with van der Waals surface area (Å²) < 4.78 is 0. The van der Waals surface area contributed by atoms with Crippen molar-refractivity contribution in [1.82, 2.24) is 10.2 Å². The number of phenols is 3. The number of nitrogens with one attached hydrogen (secondary N) is 1. The SMILES string of the molecule is Nc1cn[nH]c1-c1ccc(O)c(O)c1O. The highest BCUT2D eigenvalue weighted by Gasteiger charge is 2.15. The van der Waals surface area contributed by atoms with Crippen LogP contribution in [0.25, 0.3) is 11.3 Å². The first-order valence-electron chi connectivity index (χ1n) is 4.14. The van der Waals surface area contributed by atoms with E-state index in [4.69, 9.17) is 10.8 Å². The first-order valence-corrected chi connectivity index (χ1v) is 4.14. The number of hydrogen-bond acceptors (Lipinski definition) is 5. The average Bonchev–Trinajstić information content (AvgIpc) is 2.62. The van der Waals surface area contributed by atoms with Gasteiger partial charge in [-0.05, 0) is 12.1 Å². The van der Waals surface area contributed by atoms with Gasteiger partial charge in [-0.1, -0.05) is 0 Å². The smallest absolute Gasteiger partial charge is 0.200 e. The minimum Gasteiger partial charge on any atom is -0.504 e. The Morgan fingerprint density at radius 2 is 1.87 bits per heavy atom. The monoisotopic (exact) mass is 207 g/mol. The highest BCUT2D eigenvalue weighted by atomic mass is 16.3. The highest BCUT2D eigenvalue weighted by Crippen LogP contribution is 2.42. The van der Waals surface area contributed by atoms with E-state index in [-0.39, 0.29) is 5.56 Å². The standard InChI is InChI=1S/C9H9N3O3/c10-5-3-11-12-7(5)4-1-2-6(13)9(15)8(4)14/h1-3,13-15H,10H2,(H,11,12). The van der Waals surface area contributed by atoms with Gasteiger partial charge in [-0.25, -0.2) is 0 Å². The van der Waals surface area contributed by atoms with Crippen LogP contribution in [0.4, 0.5) is 5.69 Å². The van der Waals surface area contributed by atoms with Crippen LogP contribution in [-0.4, -0.2) is 25.5 Å². The van der Waals surface area contributed by atoms with E-state index in [0.29, 0.717) is 11.4 Å². The Hall–Kier alpha value is -2.37. The number of aromatic hydroxyl groups is 3. The second kappa shape index (κ2) is 3.09. The van der Waals surface area contributed by atoms with Gasteiger partial charge < -0.3 is 21.1 Å². The van der Waals surface area contributed by atoms with E-state index in [0.717, 1.165) is 0 Å². The summed E-state index contributed by atoms with van der Waals surface area (Å²) in [6, 6.07) is 2.68. The summed E-state index contributed by atoms with van der Waals surface area (Å²) in [5.41, 5.74) is 6.59. The van der Waals surface area contributed by atoms with Gasteiger partial charge >= 0.3 is 0 Å². The fraction of sp³-hybridized carbons (Fsp3) is 0. The molecule has 0 atom stereocenters. The summed E-state index contributed by atoms with van der Waals surface area (Å²) in [6.07, 6.45) is 1.39. The summed E-state index contributed by atoms with van der Waals surface area (Å²) in [5, 5.41) is 34.3. The van der Waals surface area contributed by atoms with Gasteiger partial charge in [0.25, 0.3) is 0 Å². The normalized spacial score (nSPS) is 10.4. The lowest BCUT2D eigenvalue weighted by Gasteiger charge is -2.06. The van der Waals surface area contributed by atoms with E-state index in [1.54, 1.807) is 0 Å². The number of aromatic amines is 1. The van der Waals surface area contributed by atoms with Crippen molar-refractivity contribution >= 4 is 5.69 Å². The minimum atomic E-state index is -0.582. The molecule has 6 heteroatoms. The van der Waals surface area contributed by atoms with E-state index in [2.05, 4.69) is 10.2 Å². The lowest BCUT2D eigenvalue weighted by Crippen LogP contribution is -1.87. The van der Waals surface area contributed by atoms with Crippen LogP contribution in [0.1, 0.15) is 0 Å². The Bertz CT molecular complexity index is 507. The largest absolute Gasteiger partial charge is 0.504 e. The van der Waals surface area contributed by atoms with E-state index in [1.165, 1.54) is 18.3 Å². The third-order valence-corrected chi connectivity index (χ3v) is 2.07. The second-order valence-electron chi connectivity index (χ2n) is 3.03. The maximum atomic E-state index is 9.56. The van der Waals surface area contributed by atoms with Crippen molar-refractivity contribution < 1.29 is 15.3 Å². The first kappa shape index (κ1) is 9.20. The number of H-pyrrole nitrogens is 1. The Labute approximate surface area is 84.6 Å². The Balaban J connectivity index is 2.65. The van der Waals surface area contributed by atoms with Crippen LogP contribution in [-0.2, 0) is 0 Å². The van der Waals surface area contributed by atoms with Crippen LogP contribution < -0.4 is 5.73 Å². The third-order valence-electron chi connectivity index (χ3n) is 2.07. The van der Waals surface area contributed by atoms with Crippen LogP contribution in [0.15, 0.2) is 18.3 Å². The van der Waals surface area contributed by atoms with E-state index in [9.17, 15) is 10.2 Å². The van der Waals surface area contributed by atoms with Gasteiger partial charge in [-0.2, -0.15) is 5.10 Å². The van der Waals surface area contributed by atoms with Crippen LogP contribution in [0, 0.1) is 0 Å². The number of rotatable bonds is 1. The second-order valence-corrected chi connectivity index (χ2v) is 3.03. The molecular formula is C9H9N3O3. The lowest BCUT2D eigenvalue weighted by atomic mass is 10.1. The van der Waals surface area contributed by atoms with E-state index < -0.39 is 17.2 Å². The molecule has 6 nitrogen and oxygen atoms in total. The quantitative estimate of drug-likeness (QED) is 0.443. The molecule has 0 spiro atoms. The van der Waals surface area contributed by atoms with Gasteiger partial charge in [-0.3, -0.25) is 5.10 Å². The molecule has 1 aromatic carbocycles. The van der Waals surface area contributed by atoms with Crippen LogP contribution in [0.2, 0.25) is 0 Å². The third kappa shape index (κ3) is 1.32. The Morgan fingerprint density at radius 1 is 1.13 bits per heavy atom. The van der Waals surface area contributed by atoms with Crippen LogP contribution in [0.5, 0.6) is 17.2 Å². The molecule has 78 valence electrons. The van der Waals surface area contributed by atoms with Crippen LogP contribution >= 0.6 is 0 Å². The molecule has 1 heterocycles. The van der Waals surface area contributed by atoms with E-state index >= 15 is 0 Å². The van der Waals surface area contributed by atoms with Crippen molar-refractivity contribution in [3.63, 3.8) is 0 Å². The summed E-state index contributed by atoms with van der Waals surface area (Å²) in [6.45, 7) is 0. The molecule has 2 rings (SSSR count). The van der Waals surface area contributed by atoms with Crippen molar-refractivity contribution in [2.45, 2.75) is 0 Å². The number of phenolic OH excluding ortho intramolecular Hbond substituents is 3. The molecule has 0 bridgehead atoms. The zero-order valence-electron chi connectivity index (χ0n) is 7.60. The first-order chi connectivity index (χ1) is 7.11. The fourth-order valence-corrected chi connectivity index (χ4v) is 1.28. The summed E-state index contributed by atoms with van der Waals surface area (Å²) in [4.78, 5) is 0. The molecule has 1 aromatic heterocycles. The molecule has 0 amide bonds. The number of aromatic nitrogens is 2. The molecule has 0 aliphatic heterocycles. The summed E-state index contributed by atoms with van der Waals surface area (Å²) in [5.74, 6) is -1.42. The molecular weight excluding hydrogens is 198 g/mol. The van der Waals surface area contributed by atoms with Crippen molar-refractivity contribution in [2.24, 2.45) is 0 Å². The molecule has 0 aliphatic carbocycles. The number of nitrogens with two attached hydrogens (primary N) is 1. The lowest BCUT2D eigenvalue weighted by molar-refractivity contribution is 0.369. The predicted octanol–water partition coefficient (Wildman–Crippen LogP) is 0.776. The number of nitrogen functional groups attached to an aromatic ring is 1. The van der Waals surface area contributed by atoms with Crippen molar-refractivity contribution in [2.75, 3.05) is 5.73 Å². The van der Waals surface area contributed by atoms with Gasteiger partial charge in [0.05, 0.1) is 17.6 Å². The van der Waals surface area contributed by atoms with Gasteiger partial charge in [0.15, 0.2) is 11.5 Å². The number of anilines is 1. The zero-order chi connectivity index (χ0) is 11.0. The summed E-state index contributed by atoms with van der Waals surface area (Å²) >= 11 is 0. The maximum Gasteiger partial charge on any atom is 0.200 e. The van der Waals surface area contributed by atoms with E-state index in [1.807, 2.05) is 0 Å². The molecule has 0 radical (unpaired) electrons. The Morgan fingerprint density at radius 3 is 2.47 bits per heavy atom. The highest BCUT2D eigenvalue weighted by molar-refractivity contribution is 5.79. The maximum absolute atomic E-state index is 9.56. The fourth-order valence-electron chi connectivity index (χ4n) is 1.28. The number of benzene rings is 1. The van der Waals surface area contributed by atoms with Gasteiger partial charge in [0.2, 0.25) is 5.75 Å². The van der Waals surface area contributed by atoms with Gasteiger partial charge in [0, 0.05) is 5.56 Å². The number of nitrogens with zero attached hydrogens (tertiary/aromatic N) is 1. The molecule has 6 N–H and O–H groups in total. The zero-order valence-corrected chi connectivity index (χ0v) is 7.60. The van der Waals surface area contributed by atoms with Crippen molar-refractivity contribution in [3.8, 4) is 28.5 Å². The molecule has 0 saturated carbocycles. The molecule has 0 aliphatic rings. The average molecular weight is 207 g/mol. The Kier molecular flexibility index (Phi) is 1.89. The minimum absolute atomic E-state index is 0.278.